The molecule has 0 atom stereocenters. The largest absolute Gasteiger partial charge is 0.399 e. The van der Waals surface area contributed by atoms with E-state index in [4.69, 9.17) is 5.73 Å². The maximum atomic E-state index is 14.8. The highest BCUT2D eigenvalue weighted by Gasteiger charge is 2.25. The quantitative estimate of drug-likeness (QED) is 0.283. The van der Waals surface area contributed by atoms with Crippen molar-refractivity contribution in [3.05, 3.63) is 117 Å². The normalized spacial score (nSPS) is 11.5. The maximum Gasteiger partial charge on any atom is 0.338 e. The first-order valence-electron chi connectivity index (χ1n) is 12.8. The molecule has 0 radical (unpaired) electrons. The van der Waals surface area contributed by atoms with Gasteiger partial charge in [-0.15, -0.1) is 21.5 Å². The lowest BCUT2D eigenvalue weighted by atomic mass is 10.1. The molecular formula is C29H24F2N8O2S. The number of thiophene rings is 1. The van der Waals surface area contributed by atoms with Crippen LogP contribution in [0.2, 0.25) is 0 Å². The summed E-state index contributed by atoms with van der Waals surface area (Å²) in [4.78, 5) is 31.1. The fourth-order valence-corrected chi connectivity index (χ4v) is 6.05. The molecule has 6 aromatic rings. The average Bonchev–Trinajstić information content (AvgIpc) is 3.62. The van der Waals surface area contributed by atoms with Crippen LogP contribution in [-0.4, -0.2) is 48.1 Å². The van der Waals surface area contributed by atoms with Gasteiger partial charge in [-0.05, 0) is 67.7 Å². The van der Waals surface area contributed by atoms with Crippen LogP contribution >= 0.6 is 11.3 Å². The van der Waals surface area contributed by atoms with E-state index in [0.29, 0.717) is 23.6 Å². The second-order valence-electron chi connectivity index (χ2n) is 9.86. The molecule has 10 nitrogen and oxygen atoms in total. The van der Waals surface area contributed by atoms with Crippen molar-refractivity contribution in [2.45, 2.75) is 13.1 Å². The fraction of sp³-hybridized carbons (Fsp3) is 0.138. The van der Waals surface area contributed by atoms with Gasteiger partial charge in [-0.2, -0.15) is 5.10 Å². The standard InChI is InChI=1S/C29H24F2N8O2S/c1-36(2)15-20-25-27(40)39(24-12-11-23(34-35-24)38-14-4-13-33-38)29(41)37(16-19-21(30)5-3-6-22(19)31)28(25)42-26(20)17-7-9-18(32)10-8-17/h3-14H,15-16,32H2,1-2H3. The first-order valence-corrected chi connectivity index (χ1v) is 13.6. The minimum absolute atomic E-state index is 0.0402. The Bertz CT molecular complexity index is 2010. The van der Waals surface area contributed by atoms with Gasteiger partial charge in [0.05, 0.1) is 11.9 Å². The number of anilines is 1. The van der Waals surface area contributed by atoms with Gasteiger partial charge in [-0.3, -0.25) is 9.36 Å². The molecular weight excluding hydrogens is 562 g/mol. The molecule has 4 aromatic heterocycles. The molecule has 4 heterocycles. The molecule has 0 fully saturated rings. The van der Waals surface area contributed by atoms with Gasteiger partial charge in [-0.1, -0.05) is 18.2 Å². The molecule has 0 bridgehead atoms. The molecule has 0 unspecified atom stereocenters. The van der Waals surface area contributed by atoms with Gasteiger partial charge in [0.15, 0.2) is 11.6 Å². The first-order chi connectivity index (χ1) is 20.2. The maximum absolute atomic E-state index is 14.8. The van der Waals surface area contributed by atoms with Crippen LogP contribution in [0.1, 0.15) is 11.1 Å². The highest BCUT2D eigenvalue weighted by Crippen LogP contribution is 2.38. The van der Waals surface area contributed by atoms with Gasteiger partial charge >= 0.3 is 5.69 Å². The van der Waals surface area contributed by atoms with Crippen LogP contribution in [-0.2, 0) is 13.1 Å². The van der Waals surface area contributed by atoms with Gasteiger partial charge in [-0.25, -0.2) is 22.8 Å². The Morgan fingerprint density at radius 2 is 1.60 bits per heavy atom. The van der Waals surface area contributed by atoms with Gasteiger partial charge in [0.25, 0.3) is 5.56 Å². The number of aromatic nitrogens is 6. The molecule has 13 heteroatoms. The Balaban J connectivity index is 1.66. The van der Waals surface area contributed by atoms with Gasteiger partial charge in [0.1, 0.15) is 16.5 Å². The van der Waals surface area contributed by atoms with Crippen molar-refractivity contribution in [1.82, 2.24) is 34.0 Å². The number of rotatable bonds is 7. The van der Waals surface area contributed by atoms with E-state index in [1.807, 2.05) is 31.1 Å². The number of nitrogens with two attached hydrogens (primary N) is 1. The second kappa shape index (κ2) is 10.8. The predicted octanol–water partition coefficient (Wildman–Crippen LogP) is 3.83. The van der Waals surface area contributed by atoms with Crippen LogP contribution < -0.4 is 17.0 Å². The number of halogens is 2. The van der Waals surface area contributed by atoms with Crippen molar-refractivity contribution in [3.63, 3.8) is 0 Å². The van der Waals surface area contributed by atoms with E-state index < -0.39 is 29.4 Å². The molecule has 42 heavy (non-hydrogen) atoms. The van der Waals surface area contributed by atoms with E-state index in [0.717, 1.165) is 27.1 Å². The van der Waals surface area contributed by atoms with Crippen molar-refractivity contribution in [3.8, 4) is 22.1 Å². The SMILES string of the molecule is CN(C)Cc1c(-c2ccc(N)cc2)sc2c1c(=O)n(-c1ccc(-n3cccn3)nn1)c(=O)n2Cc1c(F)cccc1F. The topological polar surface area (TPSA) is 117 Å². The molecule has 0 saturated carbocycles. The molecule has 6 rings (SSSR count). The fourth-order valence-electron chi connectivity index (χ4n) is 4.75. The zero-order valence-corrected chi connectivity index (χ0v) is 23.3. The van der Waals surface area contributed by atoms with Crippen molar-refractivity contribution in [2.24, 2.45) is 0 Å². The molecule has 0 aliphatic rings. The molecule has 2 N–H and O–H groups in total. The predicted molar refractivity (Wildman–Crippen MR) is 157 cm³/mol. The lowest BCUT2D eigenvalue weighted by Gasteiger charge is -2.14. The molecule has 0 aliphatic carbocycles. The number of benzene rings is 2. The molecule has 212 valence electrons. The Labute approximate surface area is 241 Å². The summed E-state index contributed by atoms with van der Waals surface area (Å²) in [6.45, 7) is -0.0961. The van der Waals surface area contributed by atoms with E-state index in [9.17, 15) is 18.4 Å². The Hall–Kier alpha value is -5.01. The lowest BCUT2D eigenvalue weighted by molar-refractivity contribution is 0.405. The summed E-state index contributed by atoms with van der Waals surface area (Å²) in [6.07, 6.45) is 3.26. The van der Waals surface area contributed by atoms with Gasteiger partial charge in [0.2, 0.25) is 0 Å². The smallest absolute Gasteiger partial charge is 0.338 e. The minimum atomic E-state index is -0.808. The lowest BCUT2D eigenvalue weighted by Crippen LogP contribution is -2.40. The second-order valence-corrected chi connectivity index (χ2v) is 10.9. The van der Waals surface area contributed by atoms with Crippen molar-refractivity contribution >= 4 is 27.2 Å². The molecule has 0 aliphatic heterocycles. The number of fused-ring (bicyclic) bond motifs is 1. The highest BCUT2D eigenvalue weighted by molar-refractivity contribution is 7.22. The third-order valence-electron chi connectivity index (χ3n) is 6.70. The Morgan fingerprint density at radius 1 is 0.905 bits per heavy atom. The third-order valence-corrected chi connectivity index (χ3v) is 8.01. The Morgan fingerprint density at radius 3 is 2.21 bits per heavy atom. The summed E-state index contributed by atoms with van der Waals surface area (Å²) < 4.78 is 33.3. The molecule has 0 amide bonds. The van der Waals surface area contributed by atoms with Crippen LogP contribution in [0, 0.1) is 11.6 Å². The summed E-state index contributed by atoms with van der Waals surface area (Å²) in [5.74, 6) is -1.28. The van der Waals surface area contributed by atoms with Crippen molar-refractivity contribution in [2.75, 3.05) is 19.8 Å². The average molecular weight is 587 g/mol. The molecule has 2 aromatic carbocycles. The Kier molecular flexibility index (Phi) is 6.96. The van der Waals surface area contributed by atoms with Gasteiger partial charge in [0, 0.05) is 35.1 Å². The highest BCUT2D eigenvalue weighted by atomic mass is 32.1. The van der Waals surface area contributed by atoms with Crippen LogP contribution in [0.5, 0.6) is 0 Å². The van der Waals surface area contributed by atoms with Crippen LogP contribution in [0.25, 0.3) is 32.3 Å². The number of nitrogen functional groups attached to an aromatic ring is 1. The minimum Gasteiger partial charge on any atom is -0.399 e. The first kappa shape index (κ1) is 27.2. The zero-order chi connectivity index (χ0) is 29.5. The summed E-state index contributed by atoms with van der Waals surface area (Å²) >= 11 is 1.20. The van der Waals surface area contributed by atoms with E-state index >= 15 is 0 Å². The summed E-state index contributed by atoms with van der Waals surface area (Å²) in [5.41, 5.74) is 6.20. The van der Waals surface area contributed by atoms with E-state index in [-0.39, 0.29) is 21.6 Å². The molecule has 0 saturated heterocycles. The number of hydrogen-bond acceptors (Lipinski definition) is 8. The van der Waals surface area contributed by atoms with E-state index in [1.165, 1.54) is 32.7 Å². The number of nitrogens with zero attached hydrogens (tertiary/aromatic N) is 7. The zero-order valence-electron chi connectivity index (χ0n) is 22.5. The number of hydrogen-bond donors (Lipinski definition) is 1. The van der Waals surface area contributed by atoms with Gasteiger partial charge < -0.3 is 10.6 Å². The van der Waals surface area contributed by atoms with Crippen LogP contribution in [0.15, 0.2) is 82.6 Å². The van der Waals surface area contributed by atoms with Crippen LogP contribution in [0.4, 0.5) is 14.5 Å². The summed E-state index contributed by atoms with van der Waals surface area (Å²) in [5, 5.41) is 12.7. The summed E-state index contributed by atoms with van der Waals surface area (Å²) in [6, 6.07) is 15.4. The van der Waals surface area contributed by atoms with Crippen LogP contribution in [0.3, 0.4) is 0 Å². The van der Waals surface area contributed by atoms with Crippen molar-refractivity contribution < 1.29 is 8.78 Å². The third kappa shape index (κ3) is 4.78. The van der Waals surface area contributed by atoms with Crippen molar-refractivity contribution in [1.29, 1.82) is 0 Å². The molecule has 0 spiro atoms. The van der Waals surface area contributed by atoms with E-state index in [1.54, 1.807) is 36.7 Å². The summed E-state index contributed by atoms with van der Waals surface area (Å²) in [7, 11) is 3.72. The van der Waals surface area contributed by atoms with E-state index in [2.05, 4.69) is 15.3 Å². The monoisotopic (exact) mass is 586 g/mol.